The van der Waals surface area contributed by atoms with E-state index in [1.807, 2.05) is 36.4 Å². The van der Waals surface area contributed by atoms with Crippen LogP contribution in [0, 0.1) is 0 Å². The first-order chi connectivity index (χ1) is 16.7. The molecule has 0 bridgehead atoms. The number of aromatic nitrogens is 2. The summed E-state index contributed by atoms with van der Waals surface area (Å²) in [7, 11) is 1.55. The zero-order chi connectivity index (χ0) is 25.5. The van der Waals surface area contributed by atoms with Crippen LogP contribution < -0.4 is 21.3 Å². The second-order valence-electron chi connectivity index (χ2n) is 8.48. The van der Waals surface area contributed by atoms with Crippen LogP contribution in [-0.2, 0) is 20.1 Å². The number of nitrogens with one attached hydrogen (secondary N) is 1. The van der Waals surface area contributed by atoms with Crippen LogP contribution in [0.4, 0.5) is 11.5 Å². The number of aliphatic imine (C=N–C) groups is 1. The average molecular weight is 499 g/mol. The van der Waals surface area contributed by atoms with Crippen molar-refractivity contribution in [2.45, 2.75) is 46.2 Å². The maximum Gasteiger partial charge on any atom is 0.332 e. The molecule has 0 saturated carbocycles. The molecule has 1 heterocycles. The molecule has 3 rings (SSSR count). The summed E-state index contributed by atoms with van der Waals surface area (Å²) in [5, 5.41) is 13.0. The Morgan fingerprint density at radius 2 is 1.83 bits per heavy atom. The number of halogens is 1. The summed E-state index contributed by atoms with van der Waals surface area (Å²) in [6.07, 6.45) is 0.280. The smallest absolute Gasteiger partial charge is 0.332 e. The van der Waals surface area contributed by atoms with Gasteiger partial charge in [0.2, 0.25) is 0 Å². The number of hydrogen-bond donors (Lipinski definition) is 2. The van der Waals surface area contributed by atoms with Gasteiger partial charge in [-0.05, 0) is 41.7 Å². The lowest BCUT2D eigenvalue weighted by molar-refractivity contribution is 0.277. The summed E-state index contributed by atoms with van der Waals surface area (Å²) in [4.78, 5) is 30.8. The molecule has 35 heavy (non-hydrogen) atoms. The molecule has 0 amide bonds. The molecular formula is C26H31ClN4O4. The largest absolute Gasteiger partial charge is 0.443 e. The highest BCUT2D eigenvalue weighted by molar-refractivity contribution is 6.30. The van der Waals surface area contributed by atoms with Crippen LogP contribution in [0.15, 0.2) is 63.1 Å². The van der Waals surface area contributed by atoms with Gasteiger partial charge in [-0.15, -0.1) is 0 Å². The summed E-state index contributed by atoms with van der Waals surface area (Å²) in [6.45, 7) is 6.11. The monoisotopic (exact) mass is 498 g/mol. The molecule has 0 aliphatic carbocycles. The normalized spacial score (nSPS) is 11.7. The summed E-state index contributed by atoms with van der Waals surface area (Å²) < 4.78 is 8.43. The van der Waals surface area contributed by atoms with Crippen molar-refractivity contribution in [1.82, 2.24) is 9.13 Å². The second kappa shape index (κ2) is 11.9. The second-order valence-corrected chi connectivity index (χ2v) is 8.92. The Morgan fingerprint density at radius 1 is 1.14 bits per heavy atom. The Bertz CT molecular complexity index is 1310. The fourth-order valence-corrected chi connectivity index (χ4v) is 3.77. The minimum Gasteiger partial charge on any atom is -0.443 e. The number of nitrogens with zero attached hydrogens (tertiary/aromatic N) is 3. The molecule has 2 aromatic carbocycles. The van der Waals surface area contributed by atoms with Gasteiger partial charge in [0.05, 0.1) is 0 Å². The van der Waals surface area contributed by atoms with E-state index in [4.69, 9.17) is 16.3 Å². The summed E-state index contributed by atoms with van der Waals surface area (Å²) >= 11 is 5.98. The first-order valence-electron chi connectivity index (χ1n) is 11.5. The predicted octanol–water partition coefficient (Wildman–Crippen LogP) is 4.45. The molecule has 8 nitrogen and oxygen atoms in total. The van der Waals surface area contributed by atoms with Gasteiger partial charge in [0.15, 0.2) is 11.7 Å². The SMILES string of the molecule is C/C(=N\c1c(NCc2ccc(Cl)cc2)c(=O)n(CCCO)c(=O)n1C)Oc1ccccc1C(C)C. The van der Waals surface area contributed by atoms with E-state index in [2.05, 4.69) is 24.2 Å². The van der Waals surface area contributed by atoms with Gasteiger partial charge in [-0.2, -0.15) is 4.99 Å². The number of hydrogen-bond acceptors (Lipinski definition) is 6. The van der Waals surface area contributed by atoms with Crippen LogP contribution in [0.3, 0.4) is 0 Å². The molecule has 0 radical (unpaired) electrons. The van der Waals surface area contributed by atoms with E-state index in [0.29, 0.717) is 17.3 Å². The van der Waals surface area contributed by atoms with Crippen LogP contribution in [0.25, 0.3) is 0 Å². The van der Waals surface area contributed by atoms with Gasteiger partial charge in [-0.25, -0.2) is 4.79 Å². The van der Waals surface area contributed by atoms with E-state index >= 15 is 0 Å². The Balaban J connectivity index is 2.05. The van der Waals surface area contributed by atoms with Gasteiger partial charge in [0.1, 0.15) is 11.4 Å². The molecule has 9 heteroatoms. The number of aliphatic hydroxyl groups excluding tert-OH is 1. The first-order valence-corrected chi connectivity index (χ1v) is 11.9. The zero-order valence-electron chi connectivity index (χ0n) is 20.4. The fraction of sp³-hybridized carbons (Fsp3) is 0.346. The molecule has 0 unspecified atom stereocenters. The Kier molecular flexibility index (Phi) is 8.89. The highest BCUT2D eigenvalue weighted by Crippen LogP contribution is 2.27. The van der Waals surface area contributed by atoms with Crippen molar-refractivity contribution in [1.29, 1.82) is 0 Å². The van der Waals surface area contributed by atoms with E-state index in [1.165, 1.54) is 4.57 Å². The van der Waals surface area contributed by atoms with Crippen LogP contribution in [0.5, 0.6) is 5.75 Å². The zero-order valence-corrected chi connectivity index (χ0v) is 21.2. The number of ether oxygens (including phenoxy) is 1. The third kappa shape index (κ3) is 6.41. The number of benzene rings is 2. The quantitative estimate of drug-likeness (QED) is 0.335. The van der Waals surface area contributed by atoms with Gasteiger partial charge >= 0.3 is 5.69 Å². The van der Waals surface area contributed by atoms with Gasteiger partial charge in [0, 0.05) is 38.7 Å². The molecule has 1 aromatic heterocycles. The highest BCUT2D eigenvalue weighted by Gasteiger charge is 2.18. The highest BCUT2D eigenvalue weighted by atomic mass is 35.5. The number of rotatable bonds is 9. The standard InChI is InChI=1S/C26H31ClN4O4/c1-17(2)21-8-5-6-9-22(21)35-18(3)29-24-23(28-16-19-10-12-20(27)13-11-19)25(33)31(14-7-15-32)26(34)30(24)4/h5-6,8-13,17,28,32H,7,14-16H2,1-4H3/b29-18+. The number of aliphatic hydroxyl groups is 1. The lowest BCUT2D eigenvalue weighted by Crippen LogP contribution is -2.40. The topological polar surface area (TPSA) is 97.9 Å². The molecule has 2 N–H and O–H groups in total. The minimum absolute atomic E-state index is 0.0961. The van der Waals surface area contributed by atoms with Gasteiger partial charge in [0.25, 0.3) is 5.56 Å². The van der Waals surface area contributed by atoms with Crippen molar-refractivity contribution >= 4 is 29.0 Å². The van der Waals surface area contributed by atoms with Crippen LogP contribution in [-0.4, -0.2) is 26.7 Å². The molecule has 0 atom stereocenters. The van der Waals surface area contributed by atoms with Gasteiger partial charge < -0.3 is 15.2 Å². The van der Waals surface area contributed by atoms with Gasteiger partial charge in [-0.3, -0.25) is 13.9 Å². The fourth-order valence-electron chi connectivity index (χ4n) is 3.64. The Morgan fingerprint density at radius 3 is 2.49 bits per heavy atom. The molecule has 0 fully saturated rings. The van der Waals surface area contributed by atoms with E-state index in [0.717, 1.165) is 15.7 Å². The van der Waals surface area contributed by atoms with Crippen LogP contribution >= 0.6 is 11.6 Å². The Hall–Kier alpha value is -3.36. The molecule has 3 aromatic rings. The average Bonchev–Trinajstić information content (AvgIpc) is 2.83. The first kappa shape index (κ1) is 26.2. The lowest BCUT2D eigenvalue weighted by atomic mass is 10.0. The number of anilines is 1. The van der Waals surface area contributed by atoms with Gasteiger partial charge in [-0.1, -0.05) is 55.8 Å². The van der Waals surface area contributed by atoms with Crippen molar-refractivity contribution in [3.8, 4) is 5.75 Å². The predicted molar refractivity (Wildman–Crippen MR) is 140 cm³/mol. The summed E-state index contributed by atoms with van der Waals surface area (Å²) in [6, 6.07) is 14.9. The van der Waals surface area contributed by atoms with E-state index in [-0.39, 0.29) is 42.9 Å². The maximum absolute atomic E-state index is 13.3. The molecule has 0 saturated heterocycles. The molecule has 0 aliphatic rings. The van der Waals surface area contributed by atoms with E-state index in [1.54, 1.807) is 26.1 Å². The van der Waals surface area contributed by atoms with Crippen molar-refractivity contribution in [2.24, 2.45) is 12.0 Å². The molecule has 0 aliphatic heterocycles. The van der Waals surface area contributed by atoms with Crippen molar-refractivity contribution in [3.05, 3.63) is 85.5 Å². The van der Waals surface area contributed by atoms with Crippen LogP contribution in [0.2, 0.25) is 5.02 Å². The van der Waals surface area contributed by atoms with Crippen molar-refractivity contribution in [3.63, 3.8) is 0 Å². The lowest BCUT2D eigenvalue weighted by Gasteiger charge is -2.17. The minimum atomic E-state index is -0.519. The Labute approximate surface area is 209 Å². The summed E-state index contributed by atoms with van der Waals surface area (Å²) in [5.74, 6) is 1.36. The molecular weight excluding hydrogens is 468 g/mol. The third-order valence-electron chi connectivity index (χ3n) is 5.50. The number of para-hydroxylation sites is 1. The van der Waals surface area contributed by atoms with E-state index < -0.39 is 11.2 Å². The van der Waals surface area contributed by atoms with E-state index in [9.17, 15) is 14.7 Å². The molecule has 0 spiro atoms. The van der Waals surface area contributed by atoms with Crippen LogP contribution in [0.1, 0.15) is 44.2 Å². The maximum atomic E-state index is 13.3. The summed E-state index contributed by atoms with van der Waals surface area (Å²) in [5.41, 5.74) is 1.06. The van der Waals surface area contributed by atoms with Crippen molar-refractivity contribution < 1.29 is 9.84 Å². The van der Waals surface area contributed by atoms with Crippen molar-refractivity contribution in [2.75, 3.05) is 11.9 Å². The third-order valence-corrected chi connectivity index (χ3v) is 5.75. The molecule has 186 valence electrons.